The fourth-order valence-electron chi connectivity index (χ4n) is 3.62. The number of thiophene rings is 1. The minimum Gasteiger partial charge on any atom is -0.508 e. The van der Waals surface area contributed by atoms with Crippen LogP contribution in [-0.4, -0.2) is 21.0 Å². The zero-order chi connectivity index (χ0) is 22.8. The molecule has 6 heteroatoms. The highest BCUT2D eigenvalue weighted by Crippen LogP contribution is 2.41. The Morgan fingerprint density at radius 1 is 0.848 bits per heavy atom. The third-order valence-corrected chi connectivity index (χ3v) is 6.50. The van der Waals surface area contributed by atoms with E-state index in [2.05, 4.69) is 4.98 Å². The maximum absolute atomic E-state index is 13.6. The average molecular weight is 454 g/mol. The van der Waals surface area contributed by atoms with E-state index in [0.29, 0.717) is 23.5 Å². The maximum Gasteiger partial charge on any atom is 0.195 e. The molecule has 0 saturated heterocycles. The number of aromatic hydroxyl groups is 2. The summed E-state index contributed by atoms with van der Waals surface area (Å²) in [7, 11) is 0. The largest absolute Gasteiger partial charge is 0.508 e. The van der Waals surface area contributed by atoms with Crippen LogP contribution in [0.5, 0.6) is 17.2 Å². The summed E-state index contributed by atoms with van der Waals surface area (Å²) in [4.78, 5) is 18.4. The van der Waals surface area contributed by atoms with Gasteiger partial charge in [0.05, 0.1) is 0 Å². The van der Waals surface area contributed by atoms with Gasteiger partial charge in [0.15, 0.2) is 5.78 Å². The Morgan fingerprint density at radius 3 is 2.27 bits per heavy atom. The van der Waals surface area contributed by atoms with Crippen LogP contribution in [0, 0.1) is 0 Å². The lowest BCUT2D eigenvalue weighted by Crippen LogP contribution is -2.02. The Morgan fingerprint density at radius 2 is 1.55 bits per heavy atom. The molecule has 33 heavy (non-hydrogen) atoms. The molecule has 0 bridgehead atoms. The number of benzene rings is 3. The molecule has 0 unspecified atom stereocenters. The molecule has 0 aliphatic rings. The summed E-state index contributed by atoms with van der Waals surface area (Å²) in [6, 6.07) is 22.7. The van der Waals surface area contributed by atoms with Crippen molar-refractivity contribution in [2.75, 3.05) is 0 Å². The molecule has 5 aromatic rings. The minimum absolute atomic E-state index is 0.115. The Bertz CT molecular complexity index is 1430. The average Bonchev–Trinajstić information content (AvgIpc) is 3.22. The first-order valence-corrected chi connectivity index (χ1v) is 11.1. The van der Waals surface area contributed by atoms with Crippen molar-refractivity contribution < 1.29 is 19.7 Å². The predicted octanol–water partition coefficient (Wildman–Crippen LogP) is 6.18. The Hall–Kier alpha value is -4.16. The predicted molar refractivity (Wildman–Crippen MR) is 129 cm³/mol. The van der Waals surface area contributed by atoms with Gasteiger partial charge in [0.1, 0.15) is 23.9 Å². The smallest absolute Gasteiger partial charge is 0.195 e. The number of aromatic nitrogens is 1. The van der Waals surface area contributed by atoms with E-state index in [1.54, 1.807) is 79.1 Å². The van der Waals surface area contributed by atoms with E-state index < -0.39 is 0 Å². The minimum atomic E-state index is -0.115. The molecule has 2 heterocycles. The van der Waals surface area contributed by atoms with Crippen molar-refractivity contribution in [2.45, 2.75) is 6.61 Å². The maximum atomic E-state index is 13.6. The zero-order valence-electron chi connectivity index (χ0n) is 17.4. The first-order valence-electron chi connectivity index (χ1n) is 10.3. The summed E-state index contributed by atoms with van der Waals surface area (Å²) in [5.41, 5.74) is 2.95. The van der Waals surface area contributed by atoms with Gasteiger partial charge in [0.25, 0.3) is 0 Å². The molecule has 2 aromatic heterocycles. The number of pyridine rings is 1. The first-order chi connectivity index (χ1) is 16.1. The quantitative estimate of drug-likeness (QED) is 0.300. The van der Waals surface area contributed by atoms with Gasteiger partial charge in [-0.2, -0.15) is 0 Å². The van der Waals surface area contributed by atoms with Gasteiger partial charge in [-0.05, 0) is 90.0 Å². The van der Waals surface area contributed by atoms with E-state index in [1.165, 1.54) is 11.3 Å². The van der Waals surface area contributed by atoms with E-state index in [1.807, 2.05) is 12.1 Å². The van der Waals surface area contributed by atoms with Gasteiger partial charge in [0, 0.05) is 38.5 Å². The van der Waals surface area contributed by atoms with Gasteiger partial charge < -0.3 is 14.9 Å². The van der Waals surface area contributed by atoms with Crippen LogP contribution in [0.3, 0.4) is 0 Å². The first kappa shape index (κ1) is 20.7. The highest BCUT2D eigenvalue weighted by Gasteiger charge is 2.22. The van der Waals surface area contributed by atoms with E-state index in [4.69, 9.17) is 4.74 Å². The van der Waals surface area contributed by atoms with Crippen molar-refractivity contribution in [3.8, 4) is 27.7 Å². The fourth-order valence-corrected chi connectivity index (χ4v) is 4.86. The second-order valence-corrected chi connectivity index (χ2v) is 8.58. The number of carbonyl (C=O) groups excluding carboxylic acids is 1. The normalized spacial score (nSPS) is 10.9. The third kappa shape index (κ3) is 4.29. The molecule has 3 aromatic carbocycles. The van der Waals surface area contributed by atoms with Crippen molar-refractivity contribution >= 4 is 27.2 Å². The SMILES string of the molecule is O=C(c1ccc(OCc2ccncc2)cc1)c1c(-c2ccc(O)cc2)sc2cc(O)ccc12. The van der Waals surface area contributed by atoms with Gasteiger partial charge in [-0.15, -0.1) is 11.3 Å². The van der Waals surface area contributed by atoms with Crippen LogP contribution in [0.25, 0.3) is 20.5 Å². The van der Waals surface area contributed by atoms with Crippen molar-refractivity contribution in [1.82, 2.24) is 4.98 Å². The number of rotatable bonds is 6. The van der Waals surface area contributed by atoms with Crippen LogP contribution < -0.4 is 4.74 Å². The summed E-state index contributed by atoms with van der Waals surface area (Å²) < 4.78 is 6.63. The Labute approximate surface area is 194 Å². The number of ether oxygens (including phenoxy) is 1. The highest BCUT2D eigenvalue weighted by molar-refractivity contribution is 7.22. The monoisotopic (exact) mass is 453 g/mol. The van der Waals surface area contributed by atoms with E-state index >= 15 is 0 Å². The number of fused-ring (bicyclic) bond motifs is 1. The summed E-state index contributed by atoms with van der Waals surface area (Å²) >= 11 is 1.44. The molecular weight excluding hydrogens is 434 g/mol. The van der Waals surface area contributed by atoms with Crippen LogP contribution in [0.15, 0.2) is 91.3 Å². The molecule has 162 valence electrons. The number of ketones is 1. The molecule has 0 radical (unpaired) electrons. The number of phenolic OH excluding ortho intramolecular Hbond substituents is 2. The fraction of sp³-hybridized carbons (Fsp3) is 0.0370. The molecular formula is C27H19NO4S. The van der Waals surface area contributed by atoms with Gasteiger partial charge in [-0.1, -0.05) is 0 Å². The molecule has 0 saturated carbocycles. The van der Waals surface area contributed by atoms with Gasteiger partial charge in [-0.25, -0.2) is 0 Å². The second-order valence-electron chi connectivity index (χ2n) is 7.53. The van der Waals surface area contributed by atoms with Crippen LogP contribution >= 0.6 is 11.3 Å². The molecule has 0 aliphatic heterocycles. The van der Waals surface area contributed by atoms with E-state index in [9.17, 15) is 15.0 Å². The van der Waals surface area contributed by atoms with E-state index in [-0.39, 0.29) is 17.3 Å². The topological polar surface area (TPSA) is 79.7 Å². The Kier molecular flexibility index (Phi) is 5.50. The summed E-state index contributed by atoms with van der Waals surface area (Å²) in [5, 5.41) is 20.4. The van der Waals surface area contributed by atoms with Gasteiger partial charge in [0.2, 0.25) is 0 Å². The van der Waals surface area contributed by atoms with Crippen molar-refractivity contribution in [3.63, 3.8) is 0 Å². The molecule has 5 rings (SSSR count). The third-order valence-electron chi connectivity index (χ3n) is 5.30. The van der Waals surface area contributed by atoms with E-state index in [0.717, 1.165) is 26.1 Å². The standard InChI is InChI=1S/C27H19NO4S/c29-20-5-1-19(2-6-20)27-25(23-10-7-21(30)15-24(23)33-27)26(31)18-3-8-22(9-4-18)32-16-17-11-13-28-14-12-17/h1-15,29-30H,16H2. The summed E-state index contributed by atoms with van der Waals surface area (Å²) in [5.74, 6) is 0.862. The summed E-state index contributed by atoms with van der Waals surface area (Å²) in [6.07, 6.45) is 3.44. The highest BCUT2D eigenvalue weighted by atomic mass is 32.1. The molecule has 0 amide bonds. The lowest BCUT2D eigenvalue weighted by atomic mass is 9.97. The van der Waals surface area contributed by atoms with Gasteiger partial charge in [-0.3, -0.25) is 9.78 Å². The van der Waals surface area contributed by atoms with Crippen LogP contribution in [0.2, 0.25) is 0 Å². The van der Waals surface area contributed by atoms with Crippen molar-refractivity contribution in [2.24, 2.45) is 0 Å². The van der Waals surface area contributed by atoms with Crippen LogP contribution in [-0.2, 0) is 6.61 Å². The molecule has 0 aliphatic carbocycles. The Balaban J connectivity index is 1.48. The molecule has 0 atom stereocenters. The van der Waals surface area contributed by atoms with Crippen molar-refractivity contribution in [3.05, 3.63) is 108 Å². The number of nitrogens with zero attached hydrogens (tertiary/aromatic N) is 1. The van der Waals surface area contributed by atoms with Crippen molar-refractivity contribution in [1.29, 1.82) is 0 Å². The van der Waals surface area contributed by atoms with Crippen LogP contribution in [0.1, 0.15) is 21.5 Å². The lowest BCUT2D eigenvalue weighted by Gasteiger charge is -2.08. The molecule has 5 nitrogen and oxygen atoms in total. The van der Waals surface area contributed by atoms with Crippen LogP contribution in [0.4, 0.5) is 0 Å². The number of hydrogen-bond donors (Lipinski definition) is 2. The number of hydrogen-bond acceptors (Lipinski definition) is 6. The lowest BCUT2D eigenvalue weighted by molar-refractivity contribution is 0.104. The van der Waals surface area contributed by atoms with Gasteiger partial charge >= 0.3 is 0 Å². The molecule has 0 spiro atoms. The summed E-state index contributed by atoms with van der Waals surface area (Å²) in [6.45, 7) is 0.416. The molecule has 0 fully saturated rings. The molecule has 2 N–H and O–H groups in total. The number of phenols is 2. The second kappa shape index (κ2) is 8.76. The zero-order valence-corrected chi connectivity index (χ0v) is 18.3. The number of carbonyl (C=O) groups is 1.